The topological polar surface area (TPSA) is 111 Å². The Balaban J connectivity index is 2.11. The summed E-state index contributed by atoms with van der Waals surface area (Å²) in [6.45, 7) is -0.101. The number of rotatable bonds is 3. The molecule has 3 rings (SSSR count). The fraction of sp³-hybridized carbons (Fsp3) is 0.500. The van der Waals surface area contributed by atoms with Crippen LogP contribution in [-0.2, 0) is 10.3 Å². The van der Waals surface area contributed by atoms with E-state index in [1.807, 2.05) is 0 Å². The summed E-state index contributed by atoms with van der Waals surface area (Å²) in [6.07, 6.45) is 0.146. The van der Waals surface area contributed by atoms with Crippen molar-refractivity contribution in [2.75, 3.05) is 19.0 Å². The minimum Gasteiger partial charge on any atom is -0.394 e. The Labute approximate surface area is 135 Å². The number of aliphatic hydroxyl groups excluding tert-OH is 1. The largest absolute Gasteiger partial charge is 0.394 e. The van der Waals surface area contributed by atoms with Crippen LogP contribution in [0, 0.1) is 21.8 Å². The highest BCUT2D eigenvalue weighted by molar-refractivity contribution is 8.13. The molecule has 9 heteroatoms. The van der Waals surface area contributed by atoms with Crippen LogP contribution in [0.4, 0.5) is 10.1 Å². The van der Waals surface area contributed by atoms with Gasteiger partial charge < -0.3 is 15.6 Å². The SMILES string of the molecule is NC1=N[C@@]2(c3cc([N+](=O)[O-])ccc3F)CO[C@@H](CO)C[C@H]2CS1. The first-order valence-corrected chi connectivity index (χ1v) is 8.10. The van der Waals surface area contributed by atoms with Gasteiger partial charge in [-0.15, -0.1) is 0 Å². The number of hydrogen-bond donors (Lipinski definition) is 2. The maximum atomic E-state index is 14.4. The number of non-ortho nitro benzene ring substituents is 1. The number of nitrogens with zero attached hydrogens (tertiary/aromatic N) is 2. The standard InChI is InChI=1S/C14H16FN3O4S/c15-12-2-1-9(18(20)21)4-11(12)14-7-22-10(5-19)3-8(14)6-23-13(16)17-14/h1-2,4,8,10,19H,3,5-7H2,(H2,16,17)/t8-,10+,14-/m0/s1. The van der Waals surface area contributed by atoms with Crippen molar-refractivity contribution < 1.29 is 19.2 Å². The minimum atomic E-state index is -1.09. The van der Waals surface area contributed by atoms with Gasteiger partial charge in [0.1, 0.15) is 11.4 Å². The molecule has 2 aliphatic rings. The quantitative estimate of drug-likeness (QED) is 0.635. The number of thioether (sulfide) groups is 1. The van der Waals surface area contributed by atoms with E-state index < -0.39 is 16.3 Å². The summed E-state index contributed by atoms with van der Waals surface area (Å²) >= 11 is 1.36. The zero-order chi connectivity index (χ0) is 16.6. The Bertz CT molecular complexity index is 671. The first kappa shape index (κ1) is 16.2. The Morgan fingerprint density at radius 2 is 2.39 bits per heavy atom. The Kier molecular flexibility index (Phi) is 4.26. The molecule has 3 atom stereocenters. The number of aliphatic imine (C=N–C) groups is 1. The zero-order valence-electron chi connectivity index (χ0n) is 12.1. The predicted octanol–water partition coefficient (Wildman–Crippen LogP) is 1.39. The number of fused-ring (bicyclic) bond motifs is 1. The highest BCUT2D eigenvalue weighted by Gasteiger charge is 2.49. The van der Waals surface area contributed by atoms with E-state index in [1.165, 1.54) is 17.8 Å². The number of nitro groups is 1. The first-order chi connectivity index (χ1) is 11.0. The number of nitro benzene ring substituents is 1. The first-order valence-electron chi connectivity index (χ1n) is 7.11. The Hall–Kier alpha value is -1.71. The molecule has 0 saturated carbocycles. The number of benzene rings is 1. The van der Waals surface area contributed by atoms with Crippen molar-refractivity contribution in [2.45, 2.75) is 18.1 Å². The molecule has 0 spiro atoms. The normalized spacial score (nSPS) is 30.4. The summed E-state index contributed by atoms with van der Waals surface area (Å²) in [5.41, 5.74) is 4.66. The van der Waals surface area contributed by atoms with Crippen molar-refractivity contribution >= 4 is 22.6 Å². The van der Waals surface area contributed by atoms with Crippen LogP contribution in [0.1, 0.15) is 12.0 Å². The molecular formula is C14H16FN3O4S. The van der Waals surface area contributed by atoms with Gasteiger partial charge in [-0.25, -0.2) is 9.38 Å². The second kappa shape index (κ2) is 6.06. The van der Waals surface area contributed by atoms with Gasteiger partial charge in [-0.3, -0.25) is 10.1 Å². The smallest absolute Gasteiger partial charge is 0.270 e. The summed E-state index contributed by atoms with van der Waals surface area (Å²) in [5.74, 6) is -0.102. The molecule has 1 fully saturated rings. The van der Waals surface area contributed by atoms with Gasteiger partial charge in [0, 0.05) is 29.4 Å². The van der Waals surface area contributed by atoms with Gasteiger partial charge in [0.25, 0.3) is 5.69 Å². The molecule has 0 radical (unpaired) electrons. The van der Waals surface area contributed by atoms with Crippen LogP contribution in [0.2, 0.25) is 0 Å². The van der Waals surface area contributed by atoms with Crippen LogP contribution < -0.4 is 5.73 Å². The lowest BCUT2D eigenvalue weighted by atomic mass is 9.75. The summed E-state index contributed by atoms with van der Waals surface area (Å²) in [5, 5.41) is 20.6. The monoisotopic (exact) mass is 341 g/mol. The van der Waals surface area contributed by atoms with E-state index in [9.17, 15) is 19.6 Å². The summed E-state index contributed by atoms with van der Waals surface area (Å²) < 4.78 is 20.0. The molecule has 0 aromatic heterocycles. The fourth-order valence-electron chi connectivity index (χ4n) is 3.13. The summed E-state index contributed by atoms with van der Waals surface area (Å²) in [7, 11) is 0. The minimum absolute atomic E-state index is 0.0300. The third kappa shape index (κ3) is 2.79. The molecule has 0 amide bonds. The number of aliphatic hydroxyl groups is 1. The molecule has 124 valence electrons. The van der Waals surface area contributed by atoms with Crippen molar-refractivity contribution in [1.82, 2.24) is 0 Å². The van der Waals surface area contributed by atoms with E-state index in [1.54, 1.807) is 0 Å². The third-order valence-corrected chi connectivity index (χ3v) is 5.29. The molecular weight excluding hydrogens is 325 g/mol. The fourth-order valence-corrected chi connectivity index (χ4v) is 4.14. The molecule has 1 aromatic carbocycles. The lowest BCUT2D eigenvalue weighted by Crippen LogP contribution is -2.51. The van der Waals surface area contributed by atoms with E-state index >= 15 is 0 Å². The summed E-state index contributed by atoms with van der Waals surface area (Å²) in [4.78, 5) is 14.9. The van der Waals surface area contributed by atoms with Gasteiger partial charge >= 0.3 is 0 Å². The average molecular weight is 341 g/mol. The Morgan fingerprint density at radius 1 is 1.61 bits per heavy atom. The van der Waals surface area contributed by atoms with E-state index in [-0.39, 0.29) is 36.5 Å². The lowest BCUT2D eigenvalue weighted by molar-refractivity contribution is -0.385. The van der Waals surface area contributed by atoms with Crippen molar-refractivity contribution in [1.29, 1.82) is 0 Å². The molecule has 3 N–H and O–H groups in total. The van der Waals surface area contributed by atoms with Crippen molar-refractivity contribution in [2.24, 2.45) is 16.6 Å². The molecule has 1 aromatic rings. The van der Waals surface area contributed by atoms with Crippen molar-refractivity contribution in [3.05, 3.63) is 39.7 Å². The predicted molar refractivity (Wildman–Crippen MR) is 83.7 cm³/mol. The molecule has 2 heterocycles. The van der Waals surface area contributed by atoms with E-state index in [0.29, 0.717) is 17.3 Å². The molecule has 23 heavy (non-hydrogen) atoms. The van der Waals surface area contributed by atoms with Crippen LogP contribution in [0.25, 0.3) is 0 Å². The van der Waals surface area contributed by atoms with Gasteiger partial charge in [0.2, 0.25) is 0 Å². The van der Waals surface area contributed by atoms with Crippen LogP contribution in [0.15, 0.2) is 23.2 Å². The van der Waals surface area contributed by atoms with E-state index in [2.05, 4.69) is 4.99 Å². The summed E-state index contributed by atoms with van der Waals surface area (Å²) in [6, 6.07) is 3.40. The highest BCUT2D eigenvalue weighted by Crippen LogP contribution is 2.47. The molecule has 7 nitrogen and oxygen atoms in total. The molecule has 1 saturated heterocycles. The van der Waals surface area contributed by atoms with E-state index in [0.717, 1.165) is 12.1 Å². The number of amidine groups is 1. The van der Waals surface area contributed by atoms with Gasteiger partial charge in [0.05, 0.1) is 24.2 Å². The van der Waals surface area contributed by atoms with Gasteiger partial charge in [0.15, 0.2) is 5.17 Å². The molecule has 0 unspecified atom stereocenters. The maximum absolute atomic E-state index is 14.4. The number of nitrogens with two attached hydrogens (primary N) is 1. The lowest BCUT2D eigenvalue weighted by Gasteiger charge is -2.45. The van der Waals surface area contributed by atoms with Crippen LogP contribution >= 0.6 is 11.8 Å². The average Bonchev–Trinajstić information content (AvgIpc) is 2.54. The number of halogens is 1. The molecule has 0 bridgehead atoms. The number of hydrogen-bond acceptors (Lipinski definition) is 7. The maximum Gasteiger partial charge on any atom is 0.270 e. The van der Waals surface area contributed by atoms with Crippen molar-refractivity contribution in [3.63, 3.8) is 0 Å². The van der Waals surface area contributed by atoms with Gasteiger partial charge in [-0.1, -0.05) is 11.8 Å². The molecule has 0 aliphatic carbocycles. The van der Waals surface area contributed by atoms with Crippen LogP contribution in [-0.4, -0.2) is 40.3 Å². The van der Waals surface area contributed by atoms with Crippen molar-refractivity contribution in [3.8, 4) is 0 Å². The third-order valence-electron chi connectivity index (χ3n) is 4.33. The second-order valence-corrected chi connectivity index (χ2v) is 6.70. The van der Waals surface area contributed by atoms with Gasteiger partial charge in [-0.05, 0) is 12.5 Å². The highest BCUT2D eigenvalue weighted by atomic mass is 32.2. The van der Waals surface area contributed by atoms with E-state index in [4.69, 9.17) is 10.5 Å². The van der Waals surface area contributed by atoms with Gasteiger partial charge in [-0.2, -0.15) is 0 Å². The zero-order valence-corrected chi connectivity index (χ0v) is 13.0. The number of ether oxygens (including phenoxy) is 1. The molecule has 2 aliphatic heterocycles. The Morgan fingerprint density at radius 3 is 3.09 bits per heavy atom. The van der Waals surface area contributed by atoms with Crippen LogP contribution in [0.5, 0.6) is 0 Å². The van der Waals surface area contributed by atoms with Crippen LogP contribution in [0.3, 0.4) is 0 Å². The second-order valence-electron chi connectivity index (χ2n) is 5.65.